The first-order valence-corrected chi connectivity index (χ1v) is 7.87. The minimum Gasteiger partial charge on any atom is -0.491 e. The Labute approximate surface area is 140 Å². The summed E-state index contributed by atoms with van der Waals surface area (Å²) in [4.78, 5) is 16.4. The van der Waals surface area contributed by atoms with Crippen molar-refractivity contribution in [3.05, 3.63) is 59.7 Å². The van der Waals surface area contributed by atoms with Gasteiger partial charge in [-0.1, -0.05) is 18.2 Å². The van der Waals surface area contributed by atoms with Crippen LogP contribution in [0.3, 0.4) is 0 Å². The molecule has 3 aromatic rings. The van der Waals surface area contributed by atoms with Gasteiger partial charge in [-0.3, -0.25) is 0 Å². The van der Waals surface area contributed by atoms with Crippen molar-refractivity contribution in [1.82, 2.24) is 4.98 Å². The third-order valence-corrected chi connectivity index (χ3v) is 3.85. The second-order valence-electron chi connectivity index (χ2n) is 5.97. The lowest BCUT2D eigenvalue weighted by Gasteiger charge is -2.13. The summed E-state index contributed by atoms with van der Waals surface area (Å²) in [7, 11) is 0. The predicted molar refractivity (Wildman–Crippen MR) is 94.6 cm³/mol. The molecule has 0 aliphatic rings. The number of rotatable bonds is 4. The quantitative estimate of drug-likeness (QED) is 0.757. The highest BCUT2D eigenvalue weighted by molar-refractivity contribution is 6.05. The van der Waals surface area contributed by atoms with Crippen LogP contribution >= 0.6 is 0 Å². The van der Waals surface area contributed by atoms with E-state index in [1.807, 2.05) is 56.3 Å². The van der Waals surface area contributed by atoms with E-state index in [1.165, 1.54) is 0 Å². The first kappa shape index (κ1) is 16.0. The zero-order valence-electron chi connectivity index (χ0n) is 13.9. The Bertz CT molecular complexity index is 899. The molecule has 0 bridgehead atoms. The molecule has 1 aromatic heterocycles. The fourth-order valence-corrected chi connectivity index (χ4v) is 2.83. The van der Waals surface area contributed by atoms with Crippen LogP contribution in [0.2, 0.25) is 0 Å². The minimum atomic E-state index is -0.938. The summed E-state index contributed by atoms with van der Waals surface area (Å²) in [6.45, 7) is 5.75. The van der Waals surface area contributed by atoms with E-state index in [1.54, 1.807) is 13.0 Å². The van der Waals surface area contributed by atoms with E-state index in [4.69, 9.17) is 4.74 Å². The summed E-state index contributed by atoms with van der Waals surface area (Å²) in [5.74, 6) is -0.155. The van der Waals surface area contributed by atoms with E-state index >= 15 is 0 Å². The molecule has 122 valence electrons. The van der Waals surface area contributed by atoms with Gasteiger partial charge in [-0.25, -0.2) is 9.78 Å². The molecule has 0 aliphatic carbocycles. The molecule has 0 fully saturated rings. The summed E-state index contributed by atoms with van der Waals surface area (Å²) < 4.78 is 5.65. The minimum absolute atomic E-state index is 0.106. The number of ether oxygens (including phenoxy) is 1. The fourth-order valence-electron chi connectivity index (χ4n) is 2.83. The van der Waals surface area contributed by atoms with E-state index in [0.717, 1.165) is 11.3 Å². The summed E-state index contributed by atoms with van der Waals surface area (Å²) in [6, 6.07) is 14.9. The van der Waals surface area contributed by atoms with Crippen molar-refractivity contribution < 1.29 is 14.6 Å². The van der Waals surface area contributed by atoms with Gasteiger partial charge in [-0.05, 0) is 56.7 Å². The molecule has 0 spiro atoms. The second kappa shape index (κ2) is 6.32. The highest BCUT2D eigenvalue weighted by Crippen LogP contribution is 2.30. The number of pyridine rings is 1. The van der Waals surface area contributed by atoms with Gasteiger partial charge in [0.15, 0.2) is 0 Å². The van der Waals surface area contributed by atoms with E-state index in [-0.39, 0.29) is 6.10 Å². The molecule has 0 unspecified atom stereocenters. The van der Waals surface area contributed by atoms with Gasteiger partial charge >= 0.3 is 5.97 Å². The van der Waals surface area contributed by atoms with Gasteiger partial charge in [0.05, 0.1) is 22.9 Å². The van der Waals surface area contributed by atoms with Gasteiger partial charge in [0.1, 0.15) is 5.75 Å². The molecule has 24 heavy (non-hydrogen) atoms. The SMILES string of the molecule is Cc1c(-c2ccc(OC(C)C)cc2)nc2ccccc2c1C(=O)O. The van der Waals surface area contributed by atoms with Crippen LogP contribution in [0.15, 0.2) is 48.5 Å². The van der Waals surface area contributed by atoms with E-state index in [9.17, 15) is 9.90 Å². The first-order valence-electron chi connectivity index (χ1n) is 7.87. The van der Waals surface area contributed by atoms with Crippen molar-refractivity contribution in [2.24, 2.45) is 0 Å². The molecular weight excluding hydrogens is 302 g/mol. The van der Waals surface area contributed by atoms with Gasteiger partial charge in [-0.15, -0.1) is 0 Å². The Kier molecular flexibility index (Phi) is 4.21. The van der Waals surface area contributed by atoms with Gasteiger partial charge in [-0.2, -0.15) is 0 Å². The maximum atomic E-state index is 11.7. The maximum Gasteiger partial charge on any atom is 0.336 e. The number of carbonyl (C=O) groups is 1. The number of aromatic carboxylic acids is 1. The van der Waals surface area contributed by atoms with Gasteiger partial charge in [0.2, 0.25) is 0 Å². The highest BCUT2D eigenvalue weighted by atomic mass is 16.5. The molecule has 3 rings (SSSR count). The van der Waals surface area contributed by atoms with Crippen LogP contribution in [0.25, 0.3) is 22.2 Å². The molecule has 4 nitrogen and oxygen atoms in total. The average molecular weight is 321 g/mol. The molecule has 2 aromatic carbocycles. The molecule has 0 aliphatic heterocycles. The van der Waals surface area contributed by atoms with Crippen molar-refractivity contribution in [1.29, 1.82) is 0 Å². The van der Waals surface area contributed by atoms with Crippen molar-refractivity contribution >= 4 is 16.9 Å². The number of hydrogen-bond acceptors (Lipinski definition) is 3. The Hall–Kier alpha value is -2.88. The van der Waals surface area contributed by atoms with E-state index in [2.05, 4.69) is 4.98 Å². The topological polar surface area (TPSA) is 59.4 Å². The largest absolute Gasteiger partial charge is 0.491 e. The lowest BCUT2D eigenvalue weighted by molar-refractivity contribution is 0.0698. The van der Waals surface area contributed by atoms with Crippen LogP contribution in [-0.2, 0) is 0 Å². The van der Waals surface area contributed by atoms with Crippen LogP contribution in [0.5, 0.6) is 5.75 Å². The molecule has 1 heterocycles. The molecule has 0 amide bonds. The number of carboxylic acid groups (broad SMARTS) is 1. The Morgan fingerprint density at radius 3 is 2.38 bits per heavy atom. The van der Waals surface area contributed by atoms with Crippen molar-refractivity contribution in [3.63, 3.8) is 0 Å². The molecule has 4 heteroatoms. The normalized spacial score (nSPS) is 11.0. The number of hydrogen-bond donors (Lipinski definition) is 1. The highest BCUT2D eigenvalue weighted by Gasteiger charge is 2.18. The van der Waals surface area contributed by atoms with E-state index < -0.39 is 5.97 Å². The second-order valence-corrected chi connectivity index (χ2v) is 5.97. The fraction of sp³-hybridized carbons (Fsp3) is 0.200. The Morgan fingerprint density at radius 2 is 1.75 bits per heavy atom. The van der Waals surface area contributed by atoms with Crippen molar-refractivity contribution in [2.75, 3.05) is 0 Å². The van der Waals surface area contributed by atoms with Crippen molar-refractivity contribution in [2.45, 2.75) is 26.9 Å². The van der Waals surface area contributed by atoms with Gasteiger partial charge in [0, 0.05) is 10.9 Å². The smallest absolute Gasteiger partial charge is 0.336 e. The lowest BCUT2D eigenvalue weighted by atomic mass is 9.98. The number of para-hydroxylation sites is 1. The average Bonchev–Trinajstić information content (AvgIpc) is 2.54. The summed E-state index contributed by atoms with van der Waals surface area (Å²) >= 11 is 0. The van der Waals surface area contributed by atoms with Gasteiger partial charge in [0.25, 0.3) is 0 Å². The predicted octanol–water partition coefficient (Wildman–Crippen LogP) is 4.70. The Morgan fingerprint density at radius 1 is 1.08 bits per heavy atom. The van der Waals surface area contributed by atoms with Gasteiger partial charge < -0.3 is 9.84 Å². The van der Waals surface area contributed by atoms with Crippen LogP contribution < -0.4 is 4.74 Å². The number of fused-ring (bicyclic) bond motifs is 1. The number of nitrogens with zero attached hydrogens (tertiary/aromatic N) is 1. The summed E-state index contributed by atoms with van der Waals surface area (Å²) in [6.07, 6.45) is 0.106. The molecule has 0 saturated carbocycles. The zero-order chi connectivity index (χ0) is 17.3. The first-order chi connectivity index (χ1) is 11.5. The third-order valence-electron chi connectivity index (χ3n) is 3.85. The summed E-state index contributed by atoms with van der Waals surface area (Å²) in [5.41, 5.74) is 3.20. The number of benzene rings is 2. The zero-order valence-corrected chi connectivity index (χ0v) is 13.9. The maximum absolute atomic E-state index is 11.7. The van der Waals surface area contributed by atoms with Crippen LogP contribution in [0.1, 0.15) is 29.8 Å². The van der Waals surface area contributed by atoms with Crippen molar-refractivity contribution in [3.8, 4) is 17.0 Å². The molecule has 1 N–H and O–H groups in total. The molecule has 0 saturated heterocycles. The monoisotopic (exact) mass is 321 g/mol. The third kappa shape index (κ3) is 2.95. The van der Waals surface area contributed by atoms with Crippen LogP contribution in [0, 0.1) is 6.92 Å². The number of aromatic nitrogens is 1. The lowest BCUT2D eigenvalue weighted by Crippen LogP contribution is -2.06. The van der Waals surface area contributed by atoms with Crippen LogP contribution in [-0.4, -0.2) is 22.2 Å². The summed E-state index contributed by atoms with van der Waals surface area (Å²) in [5, 5.41) is 10.3. The van der Waals surface area contributed by atoms with E-state index in [0.29, 0.717) is 27.7 Å². The standard InChI is InChI=1S/C20H19NO3/c1-12(2)24-15-10-8-14(9-11-15)19-13(3)18(20(22)23)16-6-4-5-7-17(16)21-19/h4-12H,1-3H3,(H,22,23). The van der Waals surface area contributed by atoms with Crippen LogP contribution in [0.4, 0.5) is 0 Å². The Balaban J connectivity index is 2.16. The molecular formula is C20H19NO3. The number of carboxylic acids is 1. The molecule has 0 radical (unpaired) electrons. The molecule has 0 atom stereocenters.